The fourth-order valence-electron chi connectivity index (χ4n) is 3.24. The Morgan fingerprint density at radius 1 is 1.17 bits per heavy atom. The maximum Gasteiger partial charge on any atom is 0.262 e. The lowest BCUT2D eigenvalue weighted by molar-refractivity contribution is 0.445. The highest BCUT2D eigenvalue weighted by Crippen LogP contribution is 2.24. The SMILES string of the molecule is Cc1nn(-c2ccccc2)c2nc(C3CCNCC3)[nH]c(=O)c12.Cl. The van der Waals surface area contributed by atoms with E-state index in [9.17, 15) is 4.79 Å². The molecule has 1 saturated heterocycles. The van der Waals surface area contributed by atoms with E-state index in [-0.39, 0.29) is 18.0 Å². The Hall–Kier alpha value is -2.18. The third-order valence-corrected chi connectivity index (χ3v) is 4.46. The Bertz CT molecular complexity index is 896. The molecule has 0 amide bonds. The Labute approximate surface area is 145 Å². The molecule has 126 valence electrons. The summed E-state index contributed by atoms with van der Waals surface area (Å²) < 4.78 is 1.77. The molecule has 0 bridgehead atoms. The number of hydrogen-bond acceptors (Lipinski definition) is 4. The second kappa shape index (κ2) is 6.75. The van der Waals surface area contributed by atoms with Crippen LogP contribution in [0.5, 0.6) is 0 Å². The molecule has 0 saturated carbocycles. The lowest BCUT2D eigenvalue weighted by Gasteiger charge is -2.21. The van der Waals surface area contributed by atoms with Crippen molar-refractivity contribution >= 4 is 23.4 Å². The number of aryl methyl sites for hydroxylation is 1. The van der Waals surface area contributed by atoms with Gasteiger partial charge in [0.2, 0.25) is 0 Å². The van der Waals surface area contributed by atoms with Gasteiger partial charge >= 0.3 is 0 Å². The summed E-state index contributed by atoms with van der Waals surface area (Å²) in [4.78, 5) is 20.3. The Morgan fingerprint density at radius 2 is 1.88 bits per heavy atom. The molecule has 2 N–H and O–H groups in total. The number of para-hydroxylation sites is 1. The number of benzene rings is 1. The van der Waals surface area contributed by atoms with Gasteiger partial charge in [-0.05, 0) is 45.0 Å². The molecule has 6 nitrogen and oxygen atoms in total. The van der Waals surface area contributed by atoms with Crippen LogP contribution in [-0.2, 0) is 0 Å². The summed E-state index contributed by atoms with van der Waals surface area (Å²) in [6.07, 6.45) is 1.99. The van der Waals surface area contributed by atoms with E-state index in [1.165, 1.54) is 0 Å². The van der Waals surface area contributed by atoms with Crippen LogP contribution in [0.15, 0.2) is 35.1 Å². The standard InChI is InChI=1S/C17H19N5O.ClH/c1-11-14-16(22(21-11)13-5-3-2-4-6-13)19-15(20-17(14)23)12-7-9-18-10-8-12;/h2-6,12,18H,7-10H2,1H3,(H,19,20,23);1H. The number of nitrogens with one attached hydrogen (secondary N) is 2. The second-order valence-corrected chi connectivity index (χ2v) is 6.01. The summed E-state index contributed by atoms with van der Waals surface area (Å²) in [6.45, 7) is 3.77. The Morgan fingerprint density at radius 3 is 2.58 bits per heavy atom. The van der Waals surface area contributed by atoms with Gasteiger partial charge in [-0.1, -0.05) is 18.2 Å². The molecule has 3 aromatic rings. The molecule has 24 heavy (non-hydrogen) atoms. The molecule has 2 aromatic heterocycles. The quantitative estimate of drug-likeness (QED) is 0.747. The highest BCUT2D eigenvalue weighted by Gasteiger charge is 2.21. The molecule has 1 aliphatic rings. The van der Waals surface area contributed by atoms with Gasteiger partial charge in [-0.3, -0.25) is 4.79 Å². The molecule has 3 heterocycles. The summed E-state index contributed by atoms with van der Waals surface area (Å²) in [6, 6.07) is 9.82. The third-order valence-electron chi connectivity index (χ3n) is 4.46. The second-order valence-electron chi connectivity index (χ2n) is 6.01. The predicted molar refractivity (Wildman–Crippen MR) is 96.3 cm³/mol. The van der Waals surface area contributed by atoms with Crippen LogP contribution in [0.25, 0.3) is 16.7 Å². The average Bonchev–Trinajstić information content (AvgIpc) is 2.94. The van der Waals surface area contributed by atoms with Crippen LogP contribution in [0.1, 0.15) is 30.3 Å². The average molecular weight is 346 g/mol. The number of aromatic amines is 1. The molecular weight excluding hydrogens is 326 g/mol. The van der Waals surface area contributed by atoms with Crippen LogP contribution < -0.4 is 10.9 Å². The van der Waals surface area contributed by atoms with Crippen LogP contribution in [0.3, 0.4) is 0 Å². The number of fused-ring (bicyclic) bond motifs is 1. The summed E-state index contributed by atoms with van der Waals surface area (Å²) in [5, 5.41) is 8.44. The van der Waals surface area contributed by atoms with Crippen molar-refractivity contribution < 1.29 is 0 Å². The maximum absolute atomic E-state index is 12.5. The monoisotopic (exact) mass is 345 g/mol. The van der Waals surface area contributed by atoms with E-state index in [2.05, 4.69) is 15.4 Å². The maximum atomic E-state index is 12.5. The first-order valence-electron chi connectivity index (χ1n) is 8.00. The van der Waals surface area contributed by atoms with E-state index >= 15 is 0 Å². The van der Waals surface area contributed by atoms with E-state index in [1.807, 2.05) is 37.3 Å². The van der Waals surface area contributed by atoms with E-state index in [0.717, 1.165) is 37.4 Å². The third kappa shape index (κ3) is 2.83. The minimum absolute atomic E-state index is 0. The molecule has 1 aliphatic heterocycles. The van der Waals surface area contributed by atoms with Crippen molar-refractivity contribution in [3.05, 3.63) is 52.2 Å². The predicted octanol–water partition coefficient (Wildman–Crippen LogP) is 2.31. The molecule has 0 radical (unpaired) electrons. The summed E-state index contributed by atoms with van der Waals surface area (Å²) >= 11 is 0. The van der Waals surface area contributed by atoms with Gasteiger partial charge < -0.3 is 10.3 Å². The van der Waals surface area contributed by atoms with E-state index in [4.69, 9.17) is 4.98 Å². The molecule has 1 fully saturated rings. The number of piperidine rings is 1. The molecule has 1 aromatic carbocycles. The summed E-state index contributed by atoms with van der Waals surface area (Å²) in [7, 11) is 0. The van der Waals surface area contributed by atoms with E-state index in [0.29, 0.717) is 22.6 Å². The molecule has 0 aliphatic carbocycles. The zero-order chi connectivity index (χ0) is 15.8. The topological polar surface area (TPSA) is 75.6 Å². The summed E-state index contributed by atoms with van der Waals surface area (Å²) in [5.74, 6) is 1.08. The van der Waals surface area contributed by atoms with Gasteiger partial charge in [0.1, 0.15) is 11.2 Å². The van der Waals surface area contributed by atoms with E-state index in [1.54, 1.807) is 4.68 Å². The molecule has 0 spiro atoms. The zero-order valence-corrected chi connectivity index (χ0v) is 14.3. The van der Waals surface area contributed by atoms with Gasteiger partial charge in [-0.15, -0.1) is 12.4 Å². The lowest BCUT2D eigenvalue weighted by atomic mass is 9.97. The normalized spacial score (nSPS) is 15.4. The molecular formula is C17H20ClN5O. The van der Waals surface area contributed by atoms with Crippen molar-refractivity contribution in [1.29, 1.82) is 0 Å². The van der Waals surface area contributed by atoms with Crippen molar-refractivity contribution in [3.63, 3.8) is 0 Å². The van der Waals surface area contributed by atoms with E-state index < -0.39 is 0 Å². The van der Waals surface area contributed by atoms with Crippen molar-refractivity contribution in [3.8, 4) is 5.69 Å². The van der Waals surface area contributed by atoms with Crippen LogP contribution in [0.2, 0.25) is 0 Å². The van der Waals surface area contributed by atoms with Crippen LogP contribution >= 0.6 is 12.4 Å². The number of nitrogens with zero attached hydrogens (tertiary/aromatic N) is 3. The van der Waals surface area contributed by atoms with Crippen LogP contribution in [0.4, 0.5) is 0 Å². The van der Waals surface area contributed by atoms with Crippen LogP contribution in [0, 0.1) is 6.92 Å². The summed E-state index contributed by atoms with van der Waals surface area (Å²) in [5.41, 5.74) is 2.17. The van der Waals surface area contributed by atoms with Crippen molar-refractivity contribution in [2.75, 3.05) is 13.1 Å². The molecule has 0 atom stereocenters. The number of rotatable bonds is 2. The fourth-order valence-corrected chi connectivity index (χ4v) is 3.24. The first kappa shape index (κ1) is 16.7. The molecule has 0 unspecified atom stereocenters. The van der Waals surface area contributed by atoms with Crippen molar-refractivity contribution in [2.45, 2.75) is 25.7 Å². The van der Waals surface area contributed by atoms with Crippen molar-refractivity contribution in [1.82, 2.24) is 25.1 Å². The highest BCUT2D eigenvalue weighted by molar-refractivity contribution is 5.85. The first-order chi connectivity index (χ1) is 11.2. The molecule has 7 heteroatoms. The van der Waals surface area contributed by atoms with Gasteiger partial charge in [0.25, 0.3) is 5.56 Å². The largest absolute Gasteiger partial charge is 0.317 e. The minimum atomic E-state index is -0.0942. The highest BCUT2D eigenvalue weighted by atomic mass is 35.5. The Kier molecular flexibility index (Phi) is 4.69. The Balaban J connectivity index is 0.00000169. The van der Waals surface area contributed by atoms with Gasteiger partial charge in [0.05, 0.1) is 11.4 Å². The van der Waals surface area contributed by atoms with Gasteiger partial charge in [-0.25, -0.2) is 9.67 Å². The zero-order valence-electron chi connectivity index (χ0n) is 13.5. The fraction of sp³-hybridized carbons (Fsp3) is 0.353. The van der Waals surface area contributed by atoms with Gasteiger partial charge in [-0.2, -0.15) is 5.10 Å². The number of aromatic nitrogens is 4. The first-order valence-corrected chi connectivity index (χ1v) is 8.00. The smallest absolute Gasteiger partial charge is 0.262 e. The van der Waals surface area contributed by atoms with Gasteiger partial charge in [0, 0.05) is 5.92 Å². The van der Waals surface area contributed by atoms with Crippen LogP contribution in [-0.4, -0.2) is 32.8 Å². The number of H-pyrrole nitrogens is 1. The minimum Gasteiger partial charge on any atom is -0.317 e. The van der Waals surface area contributed by atoms with Gasteiger partial charge in [0.15, 0.2) is 5.65 Å². The lowest BCUT2D eigenvalue weighted by Crippen LogP contribution is -2.28. The number of hydrogen-bond donors (Lipinski definition) is 2. The van der Waals surface area contributed by atoms with Crippen molar-refractivity contribution in [2.24, 2.45) is 0 Å². The molecule has 4 rings (SSSR count). The number of halogens is 1.